The molecule has 2 heterocycles. The molecule has 31 heavy (non-hydrogen) atoms. The van der Waals surface area contributed by atoms with Crippen molar-refractivity contribution >= 4 is 28.5 Å². The van der Waals surface area contributed by atoms with Crippen LogP contribution in [0.3, 0.4) is 0 Å². The number of amidine groups is 1. The minimum Gasteiger partial charge on any atom is -0.381 e. The van der Waals surface area contributed by atoms with Gasteiger partial charge in [-0.25, -0.2) is 9.37 Å². The van der Waals surface area contributed by atoms with E-state index in [0.717, 1.165) is 18.6 Å². The molecule has 1 aliphatic carbocycles. The van der Waals surface area contributed by atoms with E-state index in [1.165, 1.54) is 42.2 Å². The van der Waals surface area contributed by atoms with Crippen molar-refractivity contribution in [3.63, 3.8) is 0 Å². The molecule has 1 aromatic carbocycles. The highest BCUT2D eigenvalue weighted by Gasteiger charge is 2.48. The summed E-state index contributed by atoms with van der Waals surface area (Å²) in [6.07, 6.45) is 3.58. The number of methoxy groups -OCH3 is 1. The van der Waals surface area contributed by atoms with E-state index in [2.05, 4.69) is 10.3 Å². The molecule has 0 unspecified atom stereocenters. The number of nitrogens with zero attached hydrogens (tertiary/aromatic N) is 3. The molecule has 1 fully saturated rings. The molecular weight excluding hydrogens is 417 g/mol. The Kier molecular flexibility index (Phi) is 5.94. The third kappa shape index (κ3) is 4.13. The number of amides is 1. The van der Waals surface area contributed by atoms with Crippen molar-refractivity contribution < 1.29 is 13.9 Å². The van der Waals surface area contributed by atoms with E-state index >= 15 is 4.39 Å². The van der Waals surface area contributed by atoms with Crippen LogP contribution in [0.2, 0.25) is 0 Å². The van der Waals surface area contributed by atoms with Crippen LogP contribution in [0.15, 0.2) is 41.5 Å². The Morgan fingerprint density at radius 2 is 2.26 bits per heavy atom. The number of carbonyl (C=O) groups excluding carboxylic acids is 1. The van der Waals surface area contributed by atoms with Crippen molar-refractivity contribution in [1.82, 2.24) is 4.98 Å². The number of nitrogens with one attached hydrogen (secondary N) is 1. The molecule has 1 saturated carbocycles. The first-order chi connectivity index (χ1) is 14.9. The SMILES string of the molecule is CO[C@@H]1CC[C@]2(c3cc(NC(=O)c4ccc(C#N)cn4)ccc3F)N=C(N)SC[C@@H]2C1. The fraction of sp³-hybridized carbons (Fsp3) is 0.364. The first-order valence-electron chi connectivity index (χ1n) is 9.93. The molecule has 2 aromatic rings. The number of rotatable bonds is 4. The molecule has 0 radical (unpaired) electrons. The Balaban J connectivity index is 1.66. The standard InChI is InChI=1S/C22H22FN5O2S/c1-30-16-6-7-22(14(8-16)12-31-21(25)28-22)17-9-15(3-4-18(17)23)27-20(29)19-5-2-13(10-24)11-26-19/h2-5,9,11,14,16H,6-8,12H2,1H3,(H2,25,28)(H,27,29)/t14-,16+,22-/m0/s1. The minimum atomic E-state index is -0.776. The van der Waals surface area contributed by atoms with Gasteiger partial charge in [0.1, 0.15) is 17.6 Å². The first-order valence-corrected chi connectivity index (χ1v) is 10.9. The predicted octanol–water partition coefficient (Wildman–Crippen LogP) is 3.42. The van der Waals surface area contributed by atoms with E-state index in [0.29, 0.717) is 28.4 Å². The minimum absolute atomic E-state index is 0.0733. The summed E-state index contributed by atoms with van der Waals surface area (Å²) in [5, 5.41) is 12.1. The Hall–Kier alpha value is -2.96. The summed E-state index contributed by atoms with van der Waals surface area (Å²) in [5.74, 6) is -0.00947. The average molecular weight is 440 g/mol. The van der Waals surface area contributed by atoms with Crippen molar-refractivity contribution in [2.24, 2.45) is 16.6 Å². The first kappa shape index (κ1) is 21.3. The van der Waals surface area contributed by atoms with Crippen molar-refractivity contribution in [2.45, 2.75) is 30.9 Å². The maximum Gasteiger partial charge on any atom is 0.274 e. The van der Waals surface area contributed by atoms with Gasteiger partial charge in [-0.15, -0.1) is 0 Å². The number of carbonyl (C=O) groups is 1. The Morgan fingerprint density at radius 1 is 1.42 bits per heavy atom. The maximum absolute atomic E-state index is 15.1. The number of hydrogen-bond donors (Lipinski definition) is 2. The number of fused-ring (bicyclic) bond motifs is 1. The summed E-state index contributed by atoms with van der Waals surface area (Å²) in [6, 6.07) is 9.46. The zero-order valence-electron chi connectivity index (χ0n) is 17.0. The molecule has 3 atom stereocenters. The number of anilines is 1. The summed E-state index contributed by atoms with van der Waals surface area (Å²) in [6.45, 7) is 0. The van der Waals surface area contributed by atoms with E-state index in [-0.39, 0.29) is 23.5 Å². The van der Waals surface area contributed by atoms with Crippen LogP contribution in [0, 0.1) is 23.1 Å². The summed E-state index contributed by atoms with van der Waals surface area (Å²) in [7, 11) is 1.69. The fourth-order valence-corrected chi connectivity index (χ4v) is 5.35. The monoisotopic (exact) mass is 439 g/mol. The third-order valence-electron chi connectivity index (χ3n) is 5.96. The molecule has 7 nitrogen and oxygen atoms in total. The van der Waals surface area contributed by atoms with Gasteiger partial charge in [0.2, 0.25) is 0 Å². The molecule has 1 aliphatic heterocycles. The summed E-state index contributed by atoms with van der Waals surface area (Å²) >= 11 is 1.48. The lowest BCUT2D eigenvalue weighted by Crippen LogP contribution is -2.46. The second-order valence-corrected chi connectivity index (χ2v) is 8.75. The van der Waals surface area contributed by atoms with Crippen molar-refractivity contribution in [3.8, 4) is 6.07 Å². The zero-order chi connectivity index (χ0) is 22.0. The molecule has 3 N–H and O–H groups in total. The summed E-state index contributed by atoms with van der Waals surface area (Å²) in [4.78, 5) is 21.3. The number of thioether (sulfide) groups is 1. The highest BCUT2D eigenvalue weighted by molar-refractivity contribution is 8.13. The van der Waals surface area contributed by atoms with E-state index in [9.17, 15) is 4.79 Å². The molecule has 0 spiro atoms. The number of hydrogen-bond acceptors (Lipinski definition) is 7. The van der Waals surface area contributed by atoms with Crippen LogP contribution >= 0.6 is 11.8 Å². The number of halogens is 1. The second kappa shape index (κ2) is 8.65. The van der Waals surface area contributed by atoms with Gasteiger partial charge in [0, 0.05) is 36.2 Å². The second-order valence-electron chi connectivity index (χ2n) is 7.71. The largest absolute Gasteiger partial charge is 0.381 e. The number of nitriles is 1. The van der Waals surface area contributed by atoms with Crippen LogP contribution in [0.4, 0.5) is 10.1 Å². The van der Waals surface area contributed by atoms with E-state index in [1.807, 2.05) is 6.07 Å². The molecule has 0 bridgehead atoms. The average Bonchev–Trinajstić information content (AvgIpc) is 2.79. The molecule has 160 valence electrons. The number of aromatic nitrogens is 1. The molecule has 2 aliphatic rings. The molecule has 1 aromatic heterocycles. The van der Waals surface area contributed by atoms with Gasteiger partial charge in [-0.2, -0.15) is 5.26 Å². The number of benzene rings is 1. The van der Waals surface area contributed by atoms with Crippen LogP contribution in [0.1, 0.15) is 40.9 Å². The van der Waals surface area contributed by atoms with E-state index < -0.39 is 11.4 Å². The van der Waals surface area contributed by atoms with Gasteiger partial charge in [0.05, 0.1) is 17.2 Å². The molecule has 9 heteroatoms. The summed E-state index contributed by atoms with van der Waals surface area (Å²) < 4.78 is 20.6. The van der Waals surface area contributed by atoms with Gasteiger partial charge in [-0.3, -0.25) is 9.79 Å². The van der Waals surface area contributed by atoms with Gasteiger partial charge in [0.15, 0.2) is 5.17 Å². The number of pyridine rings is 1. The van der Waals surface area contributed by atoms with Crippen molar-refractivity contribution in [3.05, 3.63) is 59.2 Å². The predicted molar refractivity (Wildman–Crippen MR) is 117 cm³/mol. The number of nitrogens with two attached hydrogens (primary N) is 1. The van der Waals surface area contributed by atoms with E-state index in [1.54, 1.807) is 13.2 Å². The maximum atomic E-state index is 15.1. The lowest BCUT2D eigenvalue weighted by Gasteiger charge is -2.46. The lowest BCUT2D eigenvalue weighted by atomic mass is 9.68. The van der Waals surface area contributed by atoms with Gasteiger partial charge in [0.25, 0.3) is 5.91 Å². The molecule has 4 rings (SSSR count). The van der Waals surface area contributed by atoms with Crippen LogP contribution in [-0.2, 0) is 10.3 Å². The smallest absolute Gasteiger partial charge is 0.274 e. The fourth-order valence-electron chi connectivity index (χ4n) is 4.34. The normalized spacial score (nSPS) is 25.1. The van der Waals surface area contributed by atoms with Crippen LogP contribution in [-0.4, -0.2) is 35.0 Å². The quantitative estimate of drug-likeness (QED) is 0.755. The van der Waals surface area contributed by atoms with Gasteiger partial charge in [-0.05, 0) is 49.6 Å². The highest BCUT2D eigenvalue weighted by atomic mass is 32.2. The number of ether oxygens (including phenoxy) is 1. The Bertz CT molecular complexity index is 1070. The Labute approximate surface area is 183 Å². The van der Waals surface area contributed by atoms with Crippen molar-refractivity contribution in [2.75, 3.05) is 18.2 Å². The molecule has 1 amide bonds. The zero-order valence-corrected chi connectivity index (χ0v) is 17.8. The van der Waals surface area contributed by atoms with Gasteiger partial charge < -0.3 is 15.8 Å². The van der Waals surface area contributed by atoms with Crippen LogP contribution in [0.5, 0.6) is 0 Å². The lowest BCUT2D eigenvalue weighted by molar-refractivity contribution is 0.0229. The highest BCUT2D eigenvalue weighted by Crippen LogP contribution is 2.50. The number of aliphatic imine (C=N–C) groups is 1. The topological polar surface area (TPSA) is 113 Å². The van der Waals surface area contributed by atoms with Crippen LogP contribution in [0.25, 0.3) is 0 Å². The third-order valence-corrected chi connectivity index (χ3v) is 6.92. The van der Waals surface area contributed by atoms with Crippen molar-refractivity contribution in [1.29, 1.82) is 5.26 Å². The molecular formula is C22H22FN5O2S. The summed E-state index contributed by atoms with van der Waals surface area (Å²) in [5.41, 5.74) is 6.69. The van der Waals surface area contributed by atoms with Gasteiger partial charge >= 0.3 is 0 Å². The molecule has 0 saturated heterocycles. The van der Waals surface area contributed by atoms with E-state index in [4.69, 9.17) is 20.7 Å². The van der Waals surface area contributed by atoms with Crippen LogP contribution < -0.4 is 11.1 Å². The Morgan fingerprint density at radius 3 is 2.97 bits per heavy atom. The van der Waals surface area contributed by atoms with Gasteiger partial charge in [-0.1, -0.05) is 11.8 Å².